The van der Waals surface area contributed by atoms with E-state index in [1.807, 2.05) is 13.8 Å². The summed E-state index contributed by atoms with van der Waals surface area (Å²) in [6.07, 6.45) is 1.22. The van der Waals surface area contributed by atoms with Crippen LogP contribution in [0, 0.1) is 17.2 Å². The summed E-state index contributed by atoms with van der Waals surface area (Å²) in [7, 11) is 0. The van der Waals surface area contributed by atoms with Crippen molar-refractivity contribution in [1.29, 1.82) is 5.26 Å². The Morgan fingerprint density at radius 3 is 2.37 bits per heavy atom. The number of carbonyl (C=O) groups excluding carboxylic acids is 1. The van der Waals surface area contributed by atoms with Crippen LogP contribution < -0.4 is 20.1 Å². The largest absolute Gasteiger partial charge is 0.490 e. The number of carbonyl (C=O) groups is 2. The highest BCUT2D eigenvalue weighted by molar-refractivity contribution is 5.99. The van der Waals surface area contributed by atoms with E-state index in [9.17, 15) is 14.9 Å². The van der Waals surface area contributed by atoms with Crippen molar-refractivity contribution in [2.45, 2.75) is 33.7 Å². The highest BCUT2D eigenvalue weighted by Gasteiger charge is 2.24. The minimum atomic E-state index is -1.16. The molecular weight excluding hydrogens is 350 g/mol. The van der Waals surface area contributed by atoms with Crippen molar-refractivity contribution in [2.75, 3.05) is 18.5 Å². The van der Waals surface area contributed by atoms with Crippen LogP contribution in [0.25, 0.3) is 0 Å². The lowest BCUT2D eigenvalue weighted by Crippen LogP contribution is -2.44. The number of nitrogens with zero attached hydrogens (tertiary/aromatic N) is 1. The smallest absolute Gasteiger partial charge is 0.326 e. The van der Waals surface area contributed by atoms with Crippen LogP contribution in [0.2, 0.25) is 0 Å². The Balaban J connectivity index is 2.94. The average Bonchev–Trinajstić information content (AvgIpc) is 2.62. The highest BCUT2D eigenvalue weighted by Crippen LogP contribution is 2.30. The topological polar surface area (TPSA) is 121 Å². The number of aliphatic carboxylic acids is 1. The molecule has 8 nitrogen and oxygen atoms in total. The summed E-state index contributed by atoms with van der Waals surface area (Å²) >= 11 is 0. The van der Waals surface area contributed by atoms with Crippen molar-refractivity contribution in [1.82, 2.24) is 5.32 Å². The Morgan fingerprint density at radius 2 is 1.85 bits per heavy atom. The Hall–Kier alpha value is -3.21. The van der Waals surface area contributed by atoms with E-state index in [0.717, 1.165) is 0 Å². The van der Waals surface area contributed by atoms with E-state index in [4.69, 9.17) is 14.6 Å². The summed E-state index contributed by atoms with van der Waals surface area (Å²) in [5.74, 6) is -1.11. The Morgan fingerprint density at radius 1 is 1.22 bits per heavy atom. The number of hydrogen-bond acceptors (Lipinski definition) is 6. The van der Waals surface area contributed by atoms with Crippen LogP contribution in [0.15, 0.2) is 30.0 Å². The van der Waals surface area contributed by atoms with Crippen molar-refractivity contribution < 1.29 is 24.2 Å². The fourth-order valence-corrected chi connectivity index (χ4v) is 2.18. The van der Waals surface area contributed by atoms with Crippen molar-refractivity contribution in [3.8, 4) is 17.6 Å². The second-order valence-corrected chi connectivity index (χ2v) is 5.88. The van der Waals surface area contributed by atoms with Gasteiger partial charge in [-0.1, -0.05) is 13.8 Å². The molecule has 0 aliphatic rings. The predicted octanol–water partition coefficient (Wildman–Crippen LogP) is 2.53. The summed E-state index contributed by atoms with van der Waals surface area (Å²) in [6, 6.07) is 5.80. The third-order valence-electron chi connectivity index (χ3n) is 3.51. The molecule has 0 fully saturated rings. The normalized spacial score (nSPS) is 12.1. The zero-order chi connectivity index (χ0) is 20.4. The molecule has 146 valence electrons. The summed E-state index contributed by atoms with van der Waals surface area (Å²) in [5.41, 5.74) is 0.342. The summed E-state index contributed by atoms with van der Waals surface area (Å²) in [6.45, 7) is 8.00. The SMILES string of the molecule is CCOc1ccc(N/C=C(/C#N)C(=O)NC(C(=O)O)C(C)C)cc1OCC. The first-order valence-corrected chi connectivity index (χ1v) is 8.64. The maximum atomic E-state index is 12.2. The van der Waals surface area contributed by atoms with Crippen molar-refractivity contribution in [3.63, 3.8) is 0 Å². The molecule has 0 radical (unpaired) electrons. The highest BCUT2D eigenvalue weighted by atomic mass is 16.5. The molecule has 1 aromatic rings. The van der Waals surface area contributed by atoms with Gasteiger partial charge in [-0.3, -0.25) is 4.79 Å². The quantitative estimate of drug-likeness (QED) is 0.424. The van der Waals surface area contributed by atoms with E-state index in [-0.39, 0.29) is 11.5 Å². The monoisotopic (exact) mass is 375 g/mol. The maximum Gasteiger partial charge on any atom is 0.326 e. The average molecular weight is 375 g/mol. The summed E-state index contributed by atoms with van der Waals surface area (Å²) in [4.78, 5) is 23.4. The molecule has 8 heteroatoms. The number of ether oxygens (including phenoxy) is 2. The molecule has 0 spiro atoms. The van der Waals surface area contributed by atoms with Crippen LogP contribution in [0.3, 0.4) is 0 Å². The van der Waals surface area contributed by atoms with Crippen LogP contribution >= 0.6 is 0 Å². The second-order valence-electron chi connectivity index (χ2n) is 5.88. The number of benzene rings is 1. The van der Waals surface area contributed by atoms with E-state index in [0.29, 0.717) is 30.4 Å². The molecule has 3 N–H and O–H groups in total. The van der Waals surface area contributed by atoms with Gasteiger partial charge < -0.3 is 25.2 Å². The van der Waals surface area contributed by atoms with Gasteiger partial charge in [0.2, 0.25) is 0 Å². The fraction of sp³-hybridized carbons (Fsp3) is 0.421. The van der Waals surface area contributed by atoms with E-state index in [1.165, 1.54) is 6.20 Å². The van der Waals surface area contributed by atoms with Gasteiger partial charge in [-0.05, 0) is 31.9 Å². The number of rotatable bonds is 10. The lowest BCUT2D eigenvalue weighted by molar-refractivity contribution is -0.142. The first kappa shape index (κ1) is 21.8. The van der Waals surface area contributed by atoms with Crippen molar-refractivity contribution in [3.05, 3.63) is 30.0 Å². The molecule has 0 saturated heterocycles. The van der Waals surface area contributed by atoms with E-state index in [1.54, 1.807) is 38.1 Å². The Kier molecular flexibility index (Phi) is 8.66. The number of amides is 1. The molecular formula is C19H25N3O5. The Labute approximate surface area is 158 Å². The molecule has 0 aliphatic heterocycles. The molecule has 1 unspecified atom stereocenters. The molecule has 0 aliphatic carbocycles. The molecule has 1 atom stereocenters. The molecule has 0 saturated carbocycles. The van der Waals surface area contributed by atoms with E-state index >= 15 is 0 Å². The fourth-order valence-electron chi connectivity index (χ4n) is 2.18. The van der Waals surface area contributed by atoms with Crippen LogP contribution in [-0.2, 0) is 9.59 Å². The third kappa shape index (κ3) is 6.55. The third-order valence-corrected chi connectivity index (χ3v) is 3.51. The van der Waals surface area contributed by atoms with Crippen molar-refractivity contribution in [2.24, 2.45) is 5.92 Å². The predicted molar refractivity (Wildman–Crippen MR) is 101 cm³/mol. The molecule has 27 heavy (non-hydrogen) atoms. The van der Waals surface area contributed by atoms with Gasteiger partial charge in [-0.25, -0.2) is 4.79 Å². The first-order chi connectivity index (χ1) is 12.8. The van der Waals surface area contributed by atoms with Gasteiger partial charge in [0.15, 0.2) is 11.5 Å². The zero-order valence-corrected chi connectivity index (χ0v) is 15.9. The van der Waals surface area contributed by atoms with Crippen LogP contribution in [0.1, 0.15) is 27.7 Å². The van der Waals surface area contributed by atoms with Gasteiger partial charge in [0.05, 0.1) is 13.2 Å². The number of nitriles is 1. The van der Waals surface area contributed by atoms with Crippen LogP contribution in [-0.4, -0.2) is 36.2 Å². The van der Waals surface area contributed by atoms with Gasteiger partial charge in [0, 0.05) is 18.0 Å². The van der Waals surface area contributed by atoms with Gasteiger partial charge in [-0.15, -0.1) is 0 Å². The second kappa shape index (κ2) is 10.7. The maximum absolute atomic E-state index is 12.2. The van der Waals surface area contributed by atoms with Crippen molar-refractivity contribution >= 4 is 17.6 Å². The van der Waals surface area contributed by atoms with Crippen LogP contribution in [0.5, 0.6) is 11.5 Å². The molecule has 0 bridgehead atoms. The number of hydrogen-bond donors (Lipinski definition) is 3. The zero-order valence-electron chi connectivity index (χ0n) is 15.9. The van der Waals surface area contributed by atoms with Crippen LogP contribution in [0.4, 0.5) is 5.69 Å². The standard InChI is InChI=1S/C19H25N3O5/c1-5-26-15-8-7-14(9-16(15)27-6-2)21-11-13(10-20)18(23)22-17(12(3)4)19(24)25/h7-9,11-12,17,21H,5-6H2,1-4H3,(H,22,23)(H,24,25)/b13-11-. The lowest BCUT2D eigenvalue weighted by atomic mass is 10.0. The molecule has 1 amide bonds. The summed E-state index contributed by atoms with van der Waals surface area (Å²) < 4.78 is 11.0. The molecule has 1 aromatic carbocycles. The van der Waals surface area contributed by atoms with Gasteiger partial charge in [0.25, 0.3) is 5.91 Å². The molecule has 0 heterocycles. The van der Waals surface area contributed by atoms with Gasteiger partial charge >= 0.3 is 5.97 Å². The minimum absolute atomic E-state index is 0.242. The summed E-state index contributed by atoms with van der Waals surface area (Å²) in [5, 5.41) is 23.5. The molecule has 0 aromatic heterocycles. The van der Waals surface area contributed by atoms with E-state index < -0.39 is 17.9 Å². The number of carboxylic acid groups (broad SMARTS) is 1. The lowest BCUT2D eigenvalue weighted by Gasteiger charge is -2.17. The number of anilines is 1. The first-order valence-electron chi connectivity index (χ1n) is 8.64. The van der Waals surface area contributed by atoms with Gasteiger partial charge in [-0.2, -0.15) is 5.26 Å². The van der Waals surface area contributed by atoms with E-state index in [2.05, 4.69) is 10.6 Å². The Bertz CT molecular complexity index is 737. The van der Waals surface area contributed by atoms with Gasteiger partial charge in [0.1, 0.15) is 17.7 Å². The number of carboxylic acids is 1. The molecule has 1 rings (SSSR count). The number of nitrogens with one attached hydrogen (secondary N) is 2. The minimum Gasteiger partial charge on any atom is -0.490 e.